The third-order valence-electron chi connectivity index (χ3n) is 3.10. The van der Waals surface area contributed by atoms with Crippen molar-refractivity contribution in [2.75, 3.05) is 0 Å². The van der Waals surface area contributed by atoms with E-state index in [1.54, 1.807) is 19.1 Å². The Labute approximate surface area is 95.1 Å². The van der Waals surface area contributed by atoms with Crippen LogP contribution in [0.25, 0.3) is 0 Å². The summed E-state index contributed by atoms with van der Waals surface area (Å²) >= 11 is 0. The van der Waals surface area contributed by atoms with E-state index in [1.165, 1.54) is 6.07 Å². The van der Waals surface area contributed by atoms with Gasteiger partial charge in [-0.1, -0.05) is 12.5 Å². The molecule has 0 amide bonds. The van der Waals surface area contributed by atoms with Gasteiger partial charge in [0.2, 0.25) is 0 Å². The molecule has 1 saturated carbocycles. The van der Waals surface area contributed by atoms with Crippen LogP contribution in [0.2, 0.25) is 0 Å². The highest BCUT2D eigenvalue weighted by molar-refractivity contribution is 5.28. The van der Waals surface area contributed by atoms with E-state index in [9.17, 15) is 9.50 Å². The Balaban J connectivity index is 2.05. The lowest BCUT2D eigenvalue weighted by Gasteiger charge is -2.28. The standard InChI is InChI=1S/C13H17FO2/c1-9-6-7-10(8-11(9)14)16-13-5-3-2-4-12(13)15/h6-8,12-13,15H,2-5H2,1H3/t12-,13-/m1/s1. The Hall–Kier alpha value is -1.09. The smallest absolute Gasteiger partial charge is 0.129 e. The van der Waals surface area contributed by atoms with Crippen molar-refractivity contribution < 1.29 is 14.2 Å². The molecule has 0 unspecified atom stereocenters. The molecular formula is C13H17FO2. The minimum atomic E-state index is -0.418. The molecule has 1 aromatic rings. The number of benzene rings is 1. The van der Waals surface area contributed by atoms with Crippen LogP contribution in [0.4, 0.5) is 4.39 Å². The van der Waals surface area contributed by atoms with E-state index < -0.39 is 6.10 Å². The van der Waals surface area contributed by atoms with E-state index in [0.29, 0.717) is 11.3 Å². The van der Waals surface area contributed by atoms with Crippen LogP contribution in [-0.4, -0.2) is 17.3 Å². The van der Waals surface area contributed by atoms with Gasteiger partial charge >= 0.3 is 0 Å². The fourth-order valence-corrected chi connectivity index (χ4v) is 2.04. The maximum Gasteiger partial charge on any atom is 0.129 e. The van der Waals surface area contributed by atoms with Gasteiger partial charge in [-0.25, -0.2) is 4.39 Å². The molecule has 2 rings (SSSR count). The van der Waals surface area contributed by atoms with Crippen molar-refractivity contribution >= 4 is 0 Å². The van der Waals surface area contributed by atoms with Crippen LogP contribution in [0.3, 0.4) is 0 Å². The van der Waals surface area contributed by atoms with Crippen LogP contribution in [0, 0.1) is 12.7 Å². The highest BCUT2D eigenvalue weighted by Crippen LogP contribution is 2.24. The number of hydrogen-bond acceptors (Lipinski definition) is 2. The molecule has 1 aliphatic carbocycles. The summed E-state index contributed by atoms with van der Waals surface area (Å²) in [5.41, 5.74) is 0.608. The second kappa shape index (κ2) is 4.83. The summed E-state index contributed by atoms with van der Waals surface area (Å²) in [6, 6.07) is 4.83. The average molecular weight is 224 g/mol. The lowest BCUT2D eigenvalue weighted by molar-refractivity contribution is 0.00672. The van der Waals surface area contributed by atoms with E-state index in [2.05, 4.69) is 0 Å². The third kappa shape index (κ3) is 2.53. The number of aryl methyl sites for hydroxylation is 1. The zero-order valence-corrected chi connectivity index (χ0v) is 9.45. The fraction of sp³-hybridized carbons (Fsp3) is 0.538. The summed E-state index contributed by atoms with van der Waals surface area (Å²) in [4.78, 5) is 0. The zero-order valence-electron chi connectivity index (χ0n) is 9.45. The maximum absolute atomic E-state index is 13.3. The SMILES string of the molecule is Cc1ccc(O[C@@H]2CCCC[C@H]2O)cc1F. The molecule has 0 heterocycles. The molecule has 0 aromatic heterocycles. The van der Waals surface area contributed by atoms with Gasteiger partial charge in [0, 0.05) is 6.07 Å². The van der Waals surface area contributed by atoms with E-state index in [-0.39, 0.29) is 11.9 Å². The Morgan fingerprint density at radius 2 is 2.06 bits per heavy atom. The van der Waals surface area contributed by atoms with Crippen molar-refractivity contribution in [2.45, 2.75) is 44.8 Å². The van der Waals surface area contributed by atoms with Gasteiger partial charge in [0.1, 0.15) is 17.7 Å². The predicted molar refractivity (Wildman–Crippen MR) is 60.0 cm³/mol. The molecule has 2 nitrogen and oxygen atoms in total. The minimum Gasteiger partial charge on any atom is -0.488 e. The molecule has 0 spiro atoms. The summed E-state index contributed by atoms with van der Waals surface area (Å²) in [5, 5.41) is 9.74. The van der Waals surface area contributed by atoms with Gasteiger partial charge < -0.3 is 9.84 Å². The Morgan fingerprint density at radius 3 is 2.75 bits per heavy atom. The highest BCUT2D eigenvalue weighted by Gasteiger charge is 2.24. The van der Waals surface area contributed by atoms with Gasteiger partial charge in [-0.15, -0.1) is 0 Å². The molecule has 16 heavy (non-hydrogen) atoms. The normalized spacial score (nSPS) is 25.4. The number of aliphatic hydroxyl groups excluding tert-OH is 1. The maximum atomic E-state index is 13.3. The van der Waals surface area contributed by atoms with Gasteiger partial charge in [0.15, 0.2) is 0 Å². The van der Waals surface area contributed by atoms with Gasteiger partial charge in [-0.2, -0.15) is 0 Å². The molecule has 1 aliphatic rings. The molecule has 0 bridgehead atoms. The summed E-state index contributed by atoms with van der Waals surface area (Å²) < 4.78 is 18.9. The molecular weight excluding hydrogens is 207 g/mol. The summed E-state index contributed by atoms with van der Waals surface area (Å²) in [5.74, 6) is 0.247. The van der Waals surface area contributed by atoms with Crippen molar-refractivity contribution in [3.63, 3.8) is 0 Å². The first kappa shape index (κ1) is 11.4. The summed E-state index contributed by atoms with van der Waals surface area (Å²) in [6.45, 7) is 1.72. The van der Waals surface area contributed by atoms with Gasteiger partial charge in [-0.3, -0.25) is 0 Å². The van der Waals surface area contributed by atoms with Gasteiger partial charge in [0.25, 0.3) is 0 Å². The molecule has 1 fully saturated rings. The van der Waals surface area contributed by atoms with E-state index in [1.807, 2.05) is 0 Å². The van der Waals surface area contributed by atoms with E-state index in [4.69, 9.17) is 4.74 Å². The summed E-state index contributed by atoms with van der Waals surface area (Å²) in [6.07, 6.45) is 3.13. The van der Waals surface area contributed by atoms with Crippen LogP contribution in [0.15, 0.2) is 18.2 Å². The lowest BCUT2D eigenvalue weighted by Crippen LogP contribution is -2.34. The van der Waals surface area contributed by atoms with Crippen LogP contribution in [0.1, 0.15) is 31.2 Å². The fourth-order valence-electron chi connectivity index (χ4n) is 2.04. The molecule has 2 atom stereocenters. The van der Waals surface area contributed by atoms with Crippen LogP contribution in [0.5, 0.6) is 5.75 Å². The number of halogens is 1. The molecule has 88 valence electrons. The molecule has 0 radical (unpaired) electrons. The predicted octanol–water partition coefficient (Wildman–Crippen LogP) is 2.82. The quantitative estimate of drug-likeness (QED) is 0.837. The van der Waals surface area contributed by atoms with Crippen molar-refractivity contribution in [1.29, 1.82) is 0 Å². The molecule has 3 heteroatoms. The van der Waals surface area contributed by atoms with Gasteiger partial charge in [-0.05, 0) is 37.8 Å². The topological polar surface area (TPSA) is 29.5 Å². The number of hydrogen-bond donors (Lipinski definition) is 1. The Morgan fingerprint density at radius 1 is 1.31 bits per heavy atom. The van der Waals surface area contributed by atoms with Crippen molar-refractivity contribution in [1.82, 2.24) is 0 Å². The van der Waals surface area contributed by atoms with Crippen LogP contribution >= 0.6 is 0 Å². The van der Waals surface area contributed by atoms with Gasteiger partial charge in [0.05, 0.1) is 6.10 Å². The monoisotopic (exact) mass is 224 g/mol. The largest absolute Gasteiger partial charge is 0.488 e. The van der Waals surface area contributed by atoms with E-state index >= 15 is 0 Å². The number of rotatable bonds is 2. The second-order valence-electron chi connectivity index (χ2n) is 4.42. The van der Waals surface area contributed by atoms with Crippen molar-refractivity contribution in [3.05, 3.63) is 29.6 Å². The van der Waals surface area contributed by atoms with Crippen molar-refractivity contribution in [3.8, 4) is 5.75 Å². The first-order valence-corrected chi connectivity index (χ1v) is 5.77. The summed E-state index contributed by atoms with van der Waals surface area (Å²) in [7, 11) is 0. The zero-order chi connectivity index (χ0) is 11.5. The van der Waals surface area contributed by atoms with Crippen LogP contribution < -0.4 is 4.74 Å². The third-order valence-corrected chi connectivity index (χ3v) is 3.10. The molecule has 0 saturated heterocycles. The number of aliphatic hydroxyl groups is 1. The van der Waals surface area contributed by atoms with E-state index in [0.717, 1.165) is 25.7 Å². The molecule has 1 N–H and O–H groups in total. The molecule has 0 aliphatic heterocycles. The highest BCUT2D eigenvalue weighted by atomic mass is 19.1. The number of ether oxygens (including phenoxy) is 1. The lowest BCUT2D eigenvalue weighted by atomic mass is 9.95. The Bertz CT molecular complexity index is 365. The average Bonchev–Trinajstić information content (AvgIpc) is 2.27. The molecule has 1 aromatic carbocycles. The second-order valence-corrected chi connectivity index (χ2v) is 4.42. The first-order valence-electron chi connectivity index (χ1n) is 5.77. The minimum absolute atomic E-state index is 0.184. The first-order chi connectivity index (χ1) is 7.66. The van der Waals surface area contributed by atoms with Crippen molar-refractivity contribution in [2.24, 2.45) is 0 Å². The Kier molecular flexibility index (Phi) is 3.44. The van der Waals surface area contributed by atoms with Crippen LogP contribution in [-0.2, 0) is 0 Å².